The summed E-state index contributed by atoms with van der Waals surface area (Å²) in [5, 5.41) is 0. The van der Waals surface area contributed by atoms with Crippen LogP contribution in [0.2, 0.25) is 0 Å². The van der Waals surface area contributed by atoms with Gasteiger partial charge in [0.15, 0.2) is 5.78 Å². The maximum atomic E-state index is 11.3. The second-order valence-corrected chi connectivity index (χ2v) is 4.32. The molecule has 14 heavy (non-hydrogen) atoms. The lowest BCUT2D eigenvalue weighted by Gasteiger charge is -2.04. The van der Waals surface area contributed by atoms with E-state index in [-0.39, 0.29) is 5.78 Å². The summed E-state index contributed by atoms with van der Waals surface area (Å²) in [4.78, 5) is 15.5. The maximum Gasteiger partial charge on any atom is 0.178 e. The molecule has 0 aliphatic rings. The highest BCUT2D eigenvalue weighted by atomic mass is 127. The normalized spacial score (nSPS) is 10.8. The molecular formula is C10H9IN2O. The molecule has 0 amide bonds. The first-order chi connectivity index (χ1) is 6.61. The number of halogens is 1. The van der Waals surface area contributed by atoms with Crippen LogP contribution in [0.25, 0.3) is 5.65 Å². The van der Waals surface area contributed by atoms with Crippen LogP contribution in [0.15, 0.2) is 18.3 Å². The molecule has 2 aromatic rings. The van der Waals surface area contributed by atoms with Gasteiger partial charge in [-0.25, -0.2) is 4.98 Å². The highest BCUT2D eigenvalue weighted by Gasteiger charge is 2.10. The standard InChI is InChI=1S/C10H9IN2O/c1-6-8(11)3-4-10-12-5-9(7(2)14)13(6)10/h3-5H,1-2H3. The number of hydrogen-bond donors (Lipinski definition) is 0. The van der Waals surface area contributed by atoms with Crippen molar-refractivity contribution in [3.8, 4) is 0 Å². The minimum Gasteiger partial charge on any atom is -0.293 e. The Hall–Kier alpha value is -0.910. The SMILES string of the molecule is CC(=O)c1cnc2ccc(I)c(C)n12. The lowest BCUT2D eigenvalue weighted by Crippen LogP contribution is -2.02. The molecule has 0 fully saturated rings. The van der Waals surface area contributed by atoms with Crippen molar-refractivity contribution in [3.05, 3.63) is 33.3 Å². The van der Waals surface area contributed by atoms with Gasteiger partial charge >= 0.3 is 0 Å². The van der Waals surface area contributed by atoms with Gasteiger partial charge in [0.25, 0.3) is 0 Å². The van der Waals surface area contributed by atoms with Gasteiger partial charge in [-0.2, -0.15) is 0 Å². The lowest BCUT2D eigenvalue weighted by atomic mass is 10.3. The number of hydrogen-bond acceptors (Lipinski definition) is 2. The minimum atomic E-state index is 0.0441. The van der Waals surface area contributed by atoms with Crippen molar-refractivity contribution in [1.29, 1.82) is 0 Å². The first kappa shape index (κ1) is 9.64. The second kappa shape index (κ2) is 3.34. The summed E-state index contributed by atoms with van der Waals surface area (Å²) >= 11 is 2.25. The molecule has 0 atom stereocenters. The fraction of sp³-hybridized carbons (Fsp3) is 0.200. The largest absolute Gasteiger partial charge is 0.293 e. The third kappa shape index (κ3) is 1.33. The number of fused-ring (bicyclic) bond motifs is 1. The fourth-order valence-corrected chi connectivity index (χ4v) is 1.88. The molecule has 0 aliphatic heterocycles. The summed E-state index contributed by atoms with van der Waals surface area (Å²) in [6.45, 7) is 3.55. The van der Waals surface area contributed by atoms with E-state index >= 15 is 0 Å². The monoisotopic (exact) mass is 300 g/mol. The number of aryl methyl sites for hydroxylation is 1. The number of imidazole rings is 1. The minimum absolute atomic E-state index is 0.0441. The molecule has 2 rings (SSSR count). The van der Waals surface area contributed by atoms with E-state index in [9.17, 15) is 4.79 Å². The zero-order chi connectivity index (χ0) is 10.3. The number of carbonyl (C=O) groups is 1. The van der Waals surface area contributed by atoms with Gasteiger partial charge in [-0.15, -0.1) is 0 Å². The molecule has 0 N–H and O–H groups in total. The zero-order valence-electron chi connectivity index (χ0n) is 7.91. The van der Waals surface area contributed by atoms with E-state index in [2.05, 4.69) is 27.6 Å². The second-order valence-electron chi connectivity index (χ2n) is 3.16. The van der Waals surface area contributed by atoms with Crippen LogP contribution >= 0.6 is 22.6 Å². The molecular weight excluding hydrogens is 291 g/mol. The van der Waals surface area contributed by atoms with Crippen molar-refractivity contribution in [1.82, 2.24) is 9.38 Å². The van der Waals surface area contributed by atoms with Crippen LogP contribution in [0.5, 0.6) is 0 Å². The van der Waals surface area contributed by atoms with Crippen molar-refractivity contribution >= 4 is 34.0 Å². The molecule has 4 heteroatoms. The number of rotatable bonds is 1. The van der Waals surface area contributed by atoms with Gasteiger partial charge in [0, 0.05) is 16.2 Å². The Kier molecular flexibility index (Phi) is 2.30. The molecule has 0 spiro atoms. The molecule has 0 unspecified atom stereocenters. The molecule has 72 valence electrons. The van der Waals surface area contributed by atoms with Gasteiger partial charge in [-0.05, 0) is 41.6 Å². The number of Topliss-reactive ketones (excluding diaryl/α,β-unsaturated/α-hetero) is 1. The first-order valence-corrected chi connectivity index (χ1v) is 5.32. The van der Waals surface area contributed by atoms with Gasteiger partial charge in [0.1, 0.15) is 11.3 Å². The summed E-state index contributed by atoms with van der Waals surface area (Å²) in [6, 6.07) is 3.92. The van der Waals surface area contributed by atoms with Crippen molar-refractivity contribution in [2.45, 2.75) is 13.8 Å². The quantitative estimate of drug-likeness (QED) is 0.599. The molecule has 0 saturated heterocycles. The van der Waals surface area contributed by atoms with Gasteiger partial charge in [-0.1, -0.05) is 0 Å². The Labute approximate surface area is 95.3 Å². The van der Waals surface area contributed by atoms with E-state index in [0.29, 0.717) is 5.69 Å². The van der Waals surface area contributed by atoms with E-state index in [1.807, 2.05) is 23.5 Å². The van der Waals surface area contributed by atoms with Crippen LogP contribution in [-0.2, 0) is 0 Å². The van der Waals surface area contributed by atoms with Crippen LogP contribution in [-0.4, -0.2) is 15.2 Å². The Morgan fingerprint density at radius 3 is 2.86 bits per heavy atom. The topological polar surface area (TPSA) is 34.4 Å². The predicted octanol–water partition coefficient (Wildman–Crippen LogP) is 2.45. The van der Waals surface area contributed by atoms with Crippen molar-refractivity contribution in [3.63, 3.8) is 0 Å². The summed E-state index contributed by atoms with van der Waals surface area (Å²) in [6.07, 6.45) is 1.63. The highest BCUT2D eigenvalue weighted by molar-refractivity contribution is 14.1. The summed E-state index contributed by atoms with van der Waals surface area (Å²) in [7, 11) is 0. The number of aromatic nitrogens is 2. The van der Waals surface area contributed by atoms with Crippen LogP contribution in [0.4, 0.5) is 0 Å². The fourth-order valence-electron chi connectivity index (χ4n) is 1.46. The number of pyridine rings is 1. The van der Waals surface area contributed by atoms with Crippen LogP contribution in [0, 0.1) is 10.5 Å². The van der Waals surface area contributed by atoms with Gasteiger partial charge in [0.05, 0.1) is 6.20 Å². The molecule has 0 aromatic carbocycles. The number of ketones is 1. The van der Waals surface area contributed by atoms with E-state index in [4.69, 9.17) is 0 Å². The average Bonchev–Trinajstić information content (AvgIpc) is 2.55. The lowest BCUT2D eigenvalue weighted by molar-refractivity contribution is 0.101. The van der Waals surface area contributed by atoms with Gasteiger partial charge in [0.2, 0.25) is 0 Å². The van der Waals surface area contributed by atoms with Crippen LogP contribution in [0.1, 0.15) is 23.1 Å². The van der Waals surface area contributed by atoms with Crippen molar-refractivity contribution < 1.29 is 4.79 Å². The molecule has 2 aromatic heterocycles. The van der Waals surface area contributed by atoms with Crippen molar-refractivity contribution in [2.75, 3.05) is 0 Å². The highest BCUT2D eigenvalue weighted by Crippen LogP contribution is 2.16. The summed E-state index contributed by atoms with van der Waals surface area (Å²) in [5.74, 6) is 0.0441. The third-order valence-electron chi connectivity index (χ3n) is 2.21. The van der Waals surface area contributed by atoms with E-state index in [0.717, 1.165) is 14.9 Å². The van der Waals surface area contributed by atoms with E-state index in [1.165, 1.54) is 0 Å². The Bertz CT molecular complexity index is 516. The molecule has 3 nitrogen and oxygen atoms in total. The Morgan fingerprint density at radius 2 is 2.21 bits per heavy atom. The molecule has 0 radical (unpaired) electrons. The molecule has 0 saturated carbocycles. The molecule has 0 bridgehead atoms. The van der Waals surface area contributed by atoms with E-state index < -0.39 is 0 Å². The summed E-state index contributed by atoms with van der Waals surface area (Å²) < 4.78 is 3.03. The van der Waals surface area contributed by atoms with Gasteiger partial charge in [-0.3, -0.25) is 9.20 Å². The first-order valence-electron chi connectivity index (χ1n) is 4.25. The average molecular weight is 300 g/mol. The maximum absolute atomic E-state index is 11.3. The smallest absolute Gasteiger partial charge is 0.178 e. The Balaban J connectivity index is 2.89. The van der Waals surface area contributed by atoms with Crippen LogP contribution in [0.3, 0.4) is 0 Å². The summed E-state index contributed by atoms with van der Waals surface area (Å²) in [5.41, 5.74) is 2.54. The van der Waals surface area contributed by atoms with Crippen molar-refractivity contribution in [2.24, 2.45) is 0 Å². The predicted molar refractivity (Wildman–Crippen MR) is 62.7 cm³/mol. The Morgan fingerprint density at radius 1 is 1.50 bits per heavy atom. The zero-order valence-corrected chi connectivity index (χ0v) is 10.1. The molecule has 2 heterocycles. The van der Waals surface area contributed by atoms with Gasteiger partial charge < -0.3 is 0 Å². The number of carbonyl (C=O) groups excluding carboxylic acids is 1. The number of nitrogens with zero attached hydrogens (tertiary/aromatic N) is 2. The molecule has 0 aliphatic carbocycles. The third-order valence-corrected chi connectivity index (χ3v) is 3.35. The van der Waals surface area contributed by atoms with E-state index in [1.54, 1.807) is 13.1 Å². The van der Waals surface area contributed by atoms with Crippen LogP contribution < -0.4 is 0 Å².